The Hall–Kier alpha value is -2.93. The summed E-state index contributed by atoms with van der Waals surface area (Å²) in [6.07, 6.45) is 5.59. The number of hydrogen-bond acceptors (Lipinski definition) is 6. The molecule has 2 aliphatic rings. The monoisotopic (exact) mass is 366 g/mol. The number of aromatic nitrogens is 1. The predicted octanol–water partition coefficient (Wildman–Crippen LogP) is 2.14. The Bertz CT molecular complexity index is 855. The average Bonchev–Trinajstić information content (AvgIpc) is 3.30. The second kappa shape index (κ2) is 7.36. The third-order valence-corrected chi connectivity index (χ3v) is 5.03. The van der Waals surface area contributed by atoms with Crippen LogP contribution in [0.25, 0.3) is 11.3 Å². The maximum Gasteiger partial charge on any atom is 0.290 e. The van der Waals surface area contributed by atoms with Crippen LogP contribution in [-0.2, 0) is 4.79 Å². The maximum absolute atomic E-state index is 12.3. The van der Waals surface area contributed by atoms with Crippen LogP contribution in [0.15, 0.2) is 53.2 Å². The molecule has 1 fully saturated rings. The summed E-state index contributed by atoms with van der Waals surface area (Å²) in [5.74, 6) is 0.580. The lowest BCUT2D eigenvalue weighted by atomic mass is 9.80. The van der Waals surface area contributed by atoms with E-state index in [0.29, 0.717) is 11.6 Å². The van der Waals surface area contributed by atoms with Gasteiger partial charge in [-0.25, -0.2) is 5.43 Å². The number of hydrazine groups is 1. The van der Waals surface area contributed by atoms with E-state index in [1.807, 2.05) is 47.6 Å². The van der Waals surface area contributed by atoms with Crippen molar-refractivity contribution in [2.45, 2.75) is 31.8 Å². The first-order chi connectivity index (χ1) is 13.1. The van der Waals surface area contributed by atoms with Crippen LogP contribution in [0, 0.1) is 5.92 Å². The highest BCUT2D eigenvalue weighted by atomic mass is 16.5. The highest BCUT2D eigenvalue weighted by Gasteiger charge is 2.33. The van der Waals surface area contributed by atoms with Crippen molar-refractivity contribution in [1.82, 2.24) is 20.9 Å². The van der Waals surface area contributed by atoms with Crippen LogP contribution in [0.3, 0.4) is 0 Å². The summed E-state index contributed by atoms with van der Waals surface area (Å²) in [4.78, 5) is 23.7. The molecule has 1 atom stereocenters. The van der Waals surface area contributed by atoms with Crippen molar-refractivity contribution in [1.29, 1.82) is 0 Å². The number of ketones is 1. The van der Waals surface area contributed by atoms with Crippen LogP contribution in [0.1, 0.15) is 30.3 Å². The first-order valence-electron chi connectivity index (χ1n) is 9.13. The normalized spacial score (nSPS) is 23.9. The summed E-state index contributed by atoms with van der Waals surface area (Å²) in [5, 5.41) is 8.93. The minimum absolute atomic E-state index is 0.106. The molecule has 1 saturated carbocycles. The lowest BCUT2D eigenvalue weighted by Gasteiger charge is -2.37. The van der Waals surface area contributed by atoms with Crippen LogP contribution in [-0.4, -0.2) is 40.5 Å². The molecule has 1 aliphatic heterocycles. The van der Waals surface area contributed by atoms with E-state index in [-0.39, 0.29) is 29.5 Å². The van der Waals surface area contributed by atoms with Crippen LogP contribution in [0.4, 0.5) is 0 Å². The number of carbonyl (C=O) groups is 2. The average molecular weight is 366 g/mol. The topological polar surface area (TPSA) is 87.5 Å². The molecule has 7 heteroatoms. The van der Waals surface area contributed by atoms with E-state index in [0.717, 1.165) is 24.9 Å². The minimum atomic E-state index is -0.232. The molecule has 0 saturated heterocycles. The Balaban J connectivity index is 1.24. The van der Waals surface area contributed by atoms with Crippen molar-refractivity contribution in [3.8, 4) is 11.3 Å². The second-order valence-electron chi connectivity index (χ2n) is 7.16. The Morgan fingerprint density at radius 3 is 2.78 bits per heavy atom. The van der Waals surface area contributed by atoms with Gasteiger partial charge in [-0.15, -0.1) is 0 Å². The lowest BCUT2D eigenvalue weighted by molar-refractivity contribution is -0.118. The zero-order valence-corrected chi connectivity index (χ0v) is 15.1. The van der Waals surface area contributed by atoms with Gasteiger partial charge in [0, 0.05) is 30.4 Å². The third-order valence-electron chi connectivity index (χ3n) is 5.03. The fraction of sp³-hybridized carbons (Fsp3) is 0.350. The Kier molecular flexibility index (Phi) is 4.77. The van der Waals surface area contributed by atoms with E-state index in [2.05, 4.69) is 15.9 Å². The molecule has 2 heterocycles. The van der Waals surface area contributed by atoms with Gasteiger partial charge in [0.05, 0.1) is 0 Å². The van der Waals surface area contributed by atoms with Crippen LogP contribution < -0.4 is 10.7 Å². The van der Waals surface area contributed by atoms with Gasteiger partial charge in [0.15, 0.2) is 5.78 Å². The van der Waals surface area contributed by atoms with Gasteiger partial charge in [0.1, 0.15) is 11.7 Å². The van der Waals surface area contributed by atoms with Crippen LogP contribution in [0.2, 0.25) is 0 Å². The molecule has 1 amide bonds. The van der Waals surface area contributed by atoms with Crippen molar-refractivity contribution in [3.05, 3.63) is 54.4 Å². The van der Waals surface area contributed by atoms with Crippen molar-refractivity contribution in [3.63, 3.8) is 0 Å². The van der Waals surface area contributed by atoms with E-state index in [4.69, 9.17) is 4.52 Å². The van der Waals surface area contributed by atoms with E-state index in [1.54, 1.807) is 13.0 Å². The quantitative estimate of drug-likeness (QED) is 0.814. The highest BCUT2D eigenvalue weighted by molar-refractivity contribution is 5.92. The van der Waals surface area contributed by atoms with Crippen molar-refractivity contribution in [2.75, 3.05) is 6.54 Å². The number of nitrogens with zero attached hydrogens (tertiary/aromatic N) is 2. The SMILES string of the molecule is CC(=O)C1C=CN(CC2CC(NC(=O)c3cc(-c4ccccc4)no3)C2)N1. The molecule has 2 N–H and O–H groups in total. The van der Waals surface area contributed by atoms with Gasteiger partial charge in [-0.1, -0.05) is 35.5 Å². The fourth-order valence-corrected chi connectivity index (χ4v) is 3.46. The molecule has 27 heavy (non-hydrogen) atoms. The maximum atomic E-state index is 12.3. The number of benzene rings is 1. The molecule has 1 aliphatic carbocycles. The van der Waals surface area contributed by atoms with Gasteiger partial charge in [-0.3, -0.25) is 9.59 Å². The third kappa shape index (κ3) is 3.93. The van der Waals surface area contributed by atoms with E-state index >= 15 is 0 Å². The van der Waals surface area contributed by atoms with E-state index in [1.165, 1.54) is 0 Å². The molecule has 0 spiro atoms. The van der Waals surface area contributed by atoms with Crippen molar-refractivity contribution < 1.29 is 14.1 Å². The number of carbonyl (C=O) groups excluding carboxylic acids is 2. The summed E-state index contributed by atoms with van der Waals surface area (Å²) < 4.78 is 5.20. The summed E-state index contributed by atoms with van der Waals surface area (Å²) in [6.45, 7) is 2.40. The Morgan fingerprint density at radius 2 is 2.07 bits per heavy atom. The molecule has 0 radical (unpaired) electrons. The molecule has 4 rings (SSSR count). The molecule has 7 nitrogen and oxygen atoms in total. The molecule has 1 aromatic carbocycles. The van der Waals surface area contributed by atoms with Gasteiger partial charge in [0.2, 0.25) is 5.76 Å². The molecular weight excluding hydrogens is 344 g/mol. The zero-order chi connectivity index (χ0) is 18.8. The van der Waals surface area contributed by atoms with E-state index in [9.17, 15) is 9.59 Å². The number of hydrogen-bond donors (Lipinski definition) is 2. The largest absolute Gasteiger partial charge is 0.350 e. The number of amides is 1. The second-order valence-corrected chi connectivity index (χ2v) is 7.16. The minimum Gasteiger partial charge on any atom is -0.350 e. The predicted molar refractivity (Wildman–Crippen MR) is 99.4 cm³/mol. The molecular formula is C20H22N4O3. The van der Waals surface area contributed by atoms with Crippen molar-refractivity contribution in [2.24, 2.45) is 5.92 Å². The zero-order valence-electron chi connectivity index (χ0n) is 15.1. The Morgan fingerprint density at radius 1 is 1.30 bits per heavy atom. The lowest BCUT2D eigenvalue weighted by Crippen LogP contribution is -2.49. The van der Waals surface area contributed by atoms with Crippen LogP contribution >= 0.6 is 0 Å². The highest BCUT2D eigenvalue weighted by Crippen LogP contribution is 2.29. The Labute approximate surface area is 157 Å². The number of rotatable bonds is 6. The first kappa shape index (κ1) is 17.5. The first-order valence-corrected chi connectivity index (χ1v) is 9.13. The smallest absolute Gasteiger partial charge is 0.290 e. The number of Topliss-reactive ketones (excluding diaryl/α,β-unsaturated/α-hetero) is 1. The van der Waals surface area contributed by atoms with Gasteiger partial charge < -0.3 is 14.8 Å². The van der Waals surface area contributed by atoms with E-state index < -0.39 is 0 Å². The summed E-state index contributed by atoms with van der Waals surface area (Å²) in [7, 11) is 0. The van der Waals surface area contributed by atoms with Gasteiger partial charge in [0.25, 0.3) is 5.91 Å². The van der Waals surface area contributed by atoms with Crippen molar-refractivity contribution >= 4 is 11.7 Å². The van der Waals surface area contributed by atoms with Crippen LogP contribution in [0.5, 0.6) is 0 Å². The summed E-state index contributed by atoms with van der Waals surface area (Å²) >= 11 is 0. The standard InChI is InChI=1S/C20H22N4O3/c1-13(25)17-7-8-24(22-17)12-14-9-16(10-14)21-20(26)19-11-18(23-27-19)15-5-3-2-4-6-15/h2-8,11,14,16-17,22H,9-10,12H2,1H3,(H,21,26). The fourth-order valence-electron chi connectivity index (χ4n) is 3.46. The molecule has 140 valence electrons. The molecule has 0 bridgehead atoms. The van der Waals surface area contributed by atoms with Gasteiger partial charge in [-0.2, -0.15) is 0 Å². The van der Waals surface area contributed by atoms with Gasteiger partial charge >= 0.3 is 0 Å². The molecule has 1 unspecified atom stereocenters. The summed E-state index contributed by atoms with van der Waals surface area (Å²) in [5.41, 5.74) is 4.72. The summed E-state index contributed by atoms with van der Waals surface area (Å²) in [6, 6.07) is 11.2. The molecule has 1 aromatic heterocycles. The van der Waals surface area contributed by atoms with Gasteiger partial charge in [-0.05, 0) is 31.8 Å². The number of nitrogens with one attached hydrogen (secondary N) is 2. The molecule has 2 aromatic rings.